The van der Waals surface area contributed by atoms with Crippen LogP contribution in [0.25, 0.3) is 11.2 Å². The van der Waals surface area contributed by atoms with Gasteiger partial charge in [0.05, 0.1) is 17.8 Å². The fraction of sp³-hybridized carbons (Fsp3) is 0.583. The van der Waals surface area contributed by atoms with Crippen LogP contribution in [0.3, 0.4) is 0 Å². The van der Waals surface area contributed by atoms with Crippen LogP contribution in [0.1, 0.15) is 13.3 Å². The van der Waals surface area contributed by atoms with Crippen LogP contribution in [-0.2, 0) is 9.84 Å². The van der Waals surface area contributed by atoms with Gasteiger partial charge < -0.3 is 15.2 Å². The number of fused-ring (bicyclic) bond motifs is 1. The van der Waals surface area contributed by atoms with E-state index in [4.69, 9.17) is 0 Å². The number of rotatable bonds is 4. The molecule has 0 bridgehead atoms. The third-order valence-electron chi connectivity index (χ3n) is 3.44. The lowest BCUT2D eigenvalue weighted by atomic mass is 10.4. The first-order valence-electron chi connectivity index (χ1n) is 6.99. The average Bonchev–Trinajstić information content (AvgIpc) is 2.92. The van der Waals surface area contributed by atoms with Crippen molar-refractivity contribution in [2.24, 2.45) is 0 Å². The van der Waals surface area contributed by atoms with Crippen molar-refractivity contribution in [1.82, 2.24) is 19.9 Å². The number of H-pyrrole nitrogens is 1. The highest BCUT2D eigenvalue weighted by atomic mass is 32.2. The molecule has 0 atom stereocenters. The normalized spacial score (nSPS) is 18.0. The van der Waals surface area contributed by atoms with Crippen LogP contribution in [0.5, 0.6) is 0 Å². The zero-order valence-corrected chi connectivity index (χ0v) is 12.7. The number of aromatic nitrogens is 4. The van der Waals surface area contributed by atoms with Crippen LogP contribution in [0.15, 0.2) is 6.33 Å². The van der Waals surface area contributed by atoms with E-state index in [1.807, 2.05) is 4.90 Å². The maximum atomic E-state index is 11.6. The van der Waals surface area contributed by atoms with Crippen molar-refractivity contribution in [3.8, 4) is 0 Å². The van der Waals surface area contributed by atoms with Crippen LogP contribution in [0.2, 0.25) is 0 Å². The van der Waals surface area contributed by atoms with E-state index in [9.17, 15) is 8.42 Å². The van der Waals surface area contributed by atoms with Crippen LogP contribution in [0.4, 0.5) is 11.8 Å². The summed E-state index contributed by atoms with van der Waals surface area (Å²) >= 11 is 0. The van der Waals surface area contributed by atoms with Gasteiger partial charge in [0.25, 0.3) is 0 Å². The summed E-state index contributed by atoms with van der Waals surface area (Å²) in [5, 5.41) is 3.15. The van der Waals surface area contributed by atoms with E-state index in [2.05, 4.69) is 32.2 Å². The van der Waals surface area contributed by atoms with Gasteiger partial charge in [0.1, 0.15) is 5.52 Å². The lowest BCUT2D eigenvalue weighted by Crippen LogP contribution is -2.41. The summed E-state index contributed by atoms with van der Waals surface area (Å²) < 4.78 is 23.1. The van der Waals surface area contributed by atoms with Crippen LogP contribution < -0.4 is 10.2 Å². The molecular weight excluding hydrogens is 292 g/mol. The lowest BCUT2D eigenvalue weighted by molar-refractivity contribution is 0.586. The second kappa shape index (κ2) is 5.47. The van der Waals surface area contributed by atoms with Gasteiger partial charge >= 0.3 is 0 Å². The van der Waals surface area contributed by atoms with E-state index in [1.165, 1.54) is 0 Å². The van der Waals surface area contributed by atoms with Crippen molar-refractivity contribution in [3.63, 3.8) is 0 Å². The van der Waals surface area contributed by atoms with Crippen molar-refractivity contribution in [3.05, 3.63) is 6.33 Å². The highest BCUT2D eigenvalue weighted by Gasteiger charge is 2.25. The number of hydrogen-bond acceptors (Lipinski definition) is 7. The largest absolute Gasteiger partial charge is 0.354 e. The minimum absolute atomic E-state index is 0.157. The Kier molecular flexibility index (Phi) is 3.66. The van der Waals surface area contributed by atoms with E-state index < -0.39 is 9.84 Å². The number of hydrogen-bond donors (Lipinski definition) is 2. The molecule has 8 nitrogen and oxygen atoms in total. The maximum Gasteiger partial charge on any atom is 0.226 e. The minimum atomic E-state index is -2.91. The first-order valence-corrected chi connectivity index (χ1v) is 8.81. The second-order valence-corrected chi connectivity index (χ2v) is 7.34. The van der Waals surface area contributed by atoms with Crippen molar-refractivity contribution in [1.29, 1.82) is 0 Å². The molecule has 1 aliphatic heterocycles. The molecule has 3 rings (SSSR count). The smallest absolute Gasteiger partial charge is 0.226 e. The molecule has 114 valence electrons. The van der Waals surface area contributed by atoms with Crippen molar-refractivity contribution < 1.29 is 8.42 Å². The molecule has 3 heterocycles. The number of nitrogens with zero attached hydrogens (tertiary/aromatic N) is 4. The second-order valence-electron chi connectivity index (χ2n) is 5.04. The van der Waals surface area contributed by atoms with Gasteiger partial charge in [-0.3, -0.25) is 0 Å². The predicted molar refractivity (Wildman–Crippen MR) is 81.3 cm³/mol. The van der Waals surface area contributed by atoms with E-state index in [1.54, 1.807) is 6.33 Å². The molecule has 2 aromatic heterocycles. The molecule has 0 amide bonds. The van der Waals surface area contributed by atoms with Crippen LogP contribution in [-0.4, -0.2) is 59.5 Å². The molecule has 1 aliphatic rings. The fourth-order valence-electron chi connectivity index (χ4n) is 2.29. The van der Waals surface area contributed by atoms with Gasteiger partial charge in [0.2, 0.25) is 5.95 Å². The van der Waals surface area contributed by atoms with E-state index in [-0.39, 0.29) is 11.5 Å². The minimum Gasteiger partial charge on any atom is -0.354 e. The average molecular weight is 310 g/mol. The molecule has 2 N–H and O–H groups in total. The Morgan fingerprint density at radius 1 is 1.33 bits per heavy atom. The van der Waals surface area contributed by atoms with Gasteiger partial charge in [0, 0.05) is 19.6 Å². The van der Waals surface area contributed by atoms with Crippen molar-refractivity contribution >= 4 is 32.8 Å². The Balaban J connectivity index is 1.94. The molecule has 0 radical (unpaired) electrons. The summed E-state index contributed by atoms with van der Waals surface area (Å²) in [4.78, 5) is 18.1. The number of sulfone groups is 1. The van der Waals surface area contributed by atoms with Gasteiger partial charge in [0.15, 0.2) is 21.3 Å². The van der Waals surface area contributed by atoms with Gasteiger partial charge in [-0.1, -0.05) is 6.92 Å². The Morgan fingerprint density at radius 2 is 2.10 bits per heavy atom. The molecule has 9 heteroatoms. The Morgan fingerprint density at radius 3 is 2.81 bits per heavy atom. The standard InChI is InChI=1S/C12H18N6O2S/c1-2-3-13-12-16-10-9(14-8-15-10)11(17-12)18-4-6-21(19,20)7-5-18/h8H,2-7H2,1H3,(H2,13,14,15,16,17). The predicted octanol–water partition coefficient (Wildman–Crippen LogP) is 0.410. The highest BCUT2D eigenvalue weighted by molar-refractivity contribution is 7.91. The summed E-state index contributed by atoms with van der Waals surface area (Å²) in [6, 6.07) is 0. The first-order chi connectivity index (χ1) is 10.1. The Bertz CT molecular complexity index is 727. The molecule has 0 aromatic carbocycles. The van der Waals surface area contributed by atoms with Crippen molar-refractivity contribution in [2.45, 2.75) is 13.3 Å². The van der Waals surface area contributed by atoms with E-state index >= 15 is 0 Å². The first kappa shape index (κ1) is 14.1. The zero-order valence-electron chi connectivity index (χ0n) is 11.8. The number of aromatic amines is 1. The number of anilines is 2. The summed E-state index contributed by atoms with van der Waals surface area (Å²) in [7, 11) is -2.91. The highest BCUT2D eigenvalue weighted by Crippen LogP contribution is 2.24. The number of imidazole rings is 1. The molecule has 21 heavy (non-hydrogen) atoms. The molecule has 0 saturated carbocycles. The maximum absolute atomic E-state index is 11.6. The molecule has 0 spiro atoms. The molecule has 0 unspecified atom stereocenters. The fourth-order valence-corrected chi connectivity index (χ4v) is 3.49. The summed E-state index contributed by atoms with van der Waals surface area (Å²) in [5.41, 5.74) is 1.34. The number of nitrogens with one attached hydrogen (secondary N) is 2. The Hall–Kier alpha value is -1.90. The quantitative estimate of drug-likeness (QED) is 0.842. The summed E-state index contributed by atoms with van der Waals surface area (Å²) in [5.74, 6) is 1.56. The monoisotopic (exact) mass is 310 g/mol. The van der Waals surface area contributed by atoms with Gasteiger partial charge in [-0.05, 0) is 6.42 Å². The topological polar surface area (TPSA) is 104 Å². The zero-order chi connectivity index (χ0) is 14.9. The molecule has 2 aromatic rings. The van der Waals surface area contributed by atoms with Gasteiger partial charge in [-0.25, -0.2) is 13.4 Å². The van der Waals surface area contributed by atoms with E-state index in [0.717, 1.165) is 18.5 Å². The van der Waals surface area contributed by atoms with Gasteiger partial charge in [-0.15, -0.1) is 0 Å². The van der Waals surface area contributed by atoms with Crippen LogP contribution in [0, 0.1) is 0 Å². The van der Waals surface area contributed by atoms with Gasteiger partial charge in [-0.2, -0.15) is 9.97 Å². The molecule has 0 aliphatic carbocycles. The summed E-state index contributed by atoms with van der Waals surface area (Å²) in [6.07, 6.45) is 2.55. The molecule has 1 saturated heterocycles. The molecule has 1 fully saturated rings. The Labute approximate surface area is 122 Å². The summed E-state index contributed by atoms with van der Waals surface area (Å²) in [6.45, 7) is 3.74. The van der Waals surface area contributed by atoms with Crippen LogP contribution >= 0.6 is 0 Å². The third kappa shape index (κ3) is 2.92. The SMILES string of the molecule is CCCNc1nc(N2CCS(=O)(=O)CC2)c2[nH]cnc2n1. The lowest BCUT2D eigenvalue weighted by Gasteiger charge is -2.28. The van der Waals surface area contributed by atoms with Crippen molar-refractivity contribution in [2.75, 3.05) is 41.4 Å². The third-order valence-corrected chi connectivity index (χ3v) is 5.05. The van der Waals surface area contributed by atoms with E-state index in [0.29, 0.717) is 30.5 Å². The molecular formula is C12H18N6O2S.